The number of hydrogen-bond donors (Lipinski definition) is 1. The van der Waals surface area contributed by atoms with E-state index < -0.39 is 0 Å². The molecule has 0 unspecified atom stereocenters. The van der Waals surface area contributed by atoms with Gasteiger partial charge in [-0.05, 0) is 7.05 Å². The van der Waals surface area contributed by atoms with E-state index in [1.54, 1.807) is 6.34 Å². The van der Waals surface area contributed by atoms with Crippen LogP contribution >= 0.6 is 0 Å². The van der Waals surface area contributed by atoms with Gasteiger partial charge >= 0.3 is 0 Å². The Kier molecular flexibility index (Phi) is 5.25. The predicted molar refractivity (Wildman–Crippen MR) is 80.8 cm³/mol. The Morgan fingerprint density at radius 3 is 2.50 bits per heavy atom. The zero-order valence-corrected chi connectivity index (χ0v) is 11.6. The van der Waals surface area contributed by atoms with Gasteiger partial charge in [-0.1, -0.05) is 35.5 Å². The van der Waals surface area contributed by atoms with Crippen LogP contribution in [0.2, 0.25) is 0 Å². The highest BCUT2D eigenvalue weighted by molar-refractivity contribution is 6.38. The second-order valence-corrected chi connectivity index (χ2v) is 4.67. The Morgan fingerprint density at radius 1 is 1.15 bits per heavy atom. The molecule has 0 saturated carbocycles. The molecule has 0 atom stereocenters. The fraction of sp³-hybridized carbons (Fsp3) is 0.357. The van der Waals surface area contributed by atoms with Crippen molar-refractivity contribution in [2.45, 2.75) is 0 Å². The van der Waals surface area contributed by atoms with E-state index in [2.05, 4.69) is 32.2 Å². The van der Waals surface area contributed by atoms with Crippen molar-refractivity contribution in [3.8, 4) is 0 Å². The average Bonchev–Trinajstić information content (AvgIpc) is 2.49. The molecule has 2 rings (SSSR count). The van der Waals surface area contributed by atoms with Gasteiger partial charge in [0.1, 0.15) is 12.1 Å². The molecule has 0 radical (unpaired) electrons. The summed E-state index contributed by atoms with van der Waals surface area (Å²) in [6.45, 7) is 3.95. The summed E-state index contributed by atoms with van der Waals surface area (Å²) in [5.74, 6) is 0. The third-order valence-electron chi connectivity index (χ3n) is 3.17. The molecular weight excluding hydrogens is 254 g/mol. The molecule has 1 saturated heterocycles. The van der Waals surface area contributed by atoms with Gasteiger partial charge in [0.15, 0.2) is 0 Å². The van der Waals surface area contributed by atoms with Gasteiger partial charge in [0, 0.05) is 31.7 Å². The van der Waals surface area contributed by atoms with E-state index in [1.165, 1.54) is 6.21 Å². The van der Waals surface area contributed by atoms with Crippen molar-refractivity contribution >= 4 is 18.3 Å². The molecule has 0 aromatic heterocycles. The second kappa shape index (κ2) is 7.40. The molecule has 1 aromatic carbocycles. The van der Waals surface area contributed by atoms with Gasteiger partial charge in [-0.15, -0.1) is 10.2 Å². The topological polar surface area (TPSA) is 63.8 Å². The van der Waals surface area contributed by atoms with Crippen LogP contribution in [0.3, 0.4) is 0 Å². The number of rotatable bonds is 4. The van der Waals surface area contributed by atoms with Crippen molar-refractivity contribution in [1.82, 2.24) is 9.80 Å². The smallest absolute Gasteiger partial charge is 0.115 e. The van der Waals surface area contributed by atoms with Crippen LogP contribution in [0.5, 0.6) is 0 Å². The lowest BCUT2D eigenvalue weighted by atomic mass is 10.1. The molecule has 1 aromatic rings. The molecule has 1 aliphatic heterocycles. The number of nitrogens with zero attached hydrogens (tertiary/aromatic N) is 5. The summed E-state index contributed by atoms with van der Waals surface area (Å²) < 4.78 is 0. The lowest BCUT2D eigenvalue weighted by molar-refractivity contribution is 0.219. The summed E-state index contributed by atoms with van der Waals surface area (Å²) in [6, 6.07) is 9.52. The van der Waals surface area contributed by atoms with Crippen LogP contribution in [0, 0.1) is 0 Å². The maximum Gasteiger partial charge on any atom is 0.115 e. The summed E-state index contributed by atoms with van der Waals surface area (Å²) >= 11 is 0. The summed E-state index contributed by atoms with van der Waals surface area (Å²) in [5, 5.41) is 19.9. The standard InChI is InChI=1S/C14H19N5O/c1-18-7-9-19(10-8-18)12-15-17-14(11-16-20)13-5-3-2-4-6-13/h2-6,11-12,20H,7-10H2,1H3. The molecule has 6 heteroatoms. The maximum absolute atomic E-state index is 8.70. The van der Waals surface area contributed by atoms with Gasteiger partial charge in [-0.3, -0.25) is 0 Å². The molecule has 1 heterocycles. The Hall–Kier alpha value is -2.21. The third kappa shape index (κ3) is 4.17. The van der Waals surface area contributed by atoms with Crippen LogP contribution in [0.4, 0.5) is 0 Å². The minimum atomic E-state index is 0.526. The van der Waals surface area contributed by atoms with E-state index >= 15 is 0 Å². The van der Waals surface area contributed by atoms with E-state index in [0.29, 0.717) is 5.71 Å². The number of benzene rings is 1. The van der Waals surface area contributed by atoms with Gasteiger partial charge in [0.05, 0.1) is 6.21 Å². The molecule has 0 bridgehead atoms. The van der Waals surface area contributed by atoms with Crippen molar-refractivity contribution in [3.63, 3.8) is 0 Å². The number of hydrogen-bond acceptors (Lipinski definition) is 5. The Morgan fingerprint density at radius 2 is 1.85 bits per heavy atom. The third-order valence-corrected chi connectivity index (χ3v) is 3.17. The quantitative estimate of drug-likeness (QED) is 0.387. The van der Waals surface area contributed by atoms with E-state index in [0.717, 1.165) is 31.7 Å². The number of oxime groups is 1. The summed E-state index contributed by atoms with van der Waals surface area (Å²) in [6.07, 6.45) is 3.03. The summed E-state index contributed by atoms with van der Waals surface area (Å²) in [4.78, 5) is 4.41. The van der Waals surface area contributed by atoms with Crippen molar-refractivity contribution in [3.05, 3.63) is 35.9 Å². The Bertz CT molecular complexity index is 490. The molecule has 1 aliphatic rings. The van der Waals surface area contributed by atoms with Crippen LogP contribution in [-0.2, 0) is 0 Å². The van der Waals surface area contributed by atoms with E-state index in [-0.39, 0.29) is 0 Å². The Balaban J connectivity index is 2.03. The first-order valence-electron chi connectivity index (χ1n) is 6.56. The molecule has 106 valence electrons. The lowest BCUT2D eigenvalue weighted by Crippen LogP contribution is -2.43. The van der Waals surface area contributed by atoms with Gasteiger partial charge in [-0.25, -0.2) is 0 Å². The monoisotopic (exact) mass is 273 g/mol. The maximum atomic E-state index is 8.70. The summed E-state index contributed by atoms with van der Waals surface area (Å²) in [7, 11) is 2.11. The van der Waals surface area contributed by atoms with Gasteiger partial charge in [-0.2, -0.15) is 0 Å². The first-order chi connectivity index (χ1) is 9.79. The van der Waals surface area contributed by atoms with E-state index in [1.807, 2.05) is 30.3 Å². The first kappa shape index (κ1) is 14.2. The van der Waals surface area contributed by atoms with Gasteiger partial charge < -0.3 is 15.0 Å². The van der Waals surface area contributed by atoms with Gasteiger partial charge in [0.2, 0.25) is 0 Å². The zero-order valence-electron chi connectivity index (χ0n) is 11.6. The fourth-order valence-electron chi connectivity index (χ4n) is 1.92. The molecule has 0 amide bonds. The molecule has 0 spiro atoms. The Labute approximate surface area is 118 Å². The highest BCUT2D eigenvalue weighted by Gasteiger charge is 2.10. The van der Waals surface area contributed by atoms with Crippen molar-refractivity contribution < 1.29 is 5.21 Å². The molecular formula is C14H19N5O. The minimum Gasteiger partial charge on any atom is -0.411 e. The molecule has 6 nitrogen and oxygen atoms in total. The number of likely N-dealkylation sites (N-methyl/N-ethyl adjacent to an activating group) is 1. The first-order valence-corrected chi connectivity index (χ1v) is 6.56. The van der Waals surface area contributed by atoms with Crippen LogP contribution < -0.4 is 0 Å². The normalized spacial score (nSPS) is 18.2. The lowest BCUT2D eigenvalue weighted by Gasteiger charge is -2.30. The fourth-order valence-corrected chi connectivity index (χ4v) is 1.92. The average molecular weight is 273 g/mol. The van der Waals surface area contributed by atoms with Gasteiger partial charge in [0.25, 0.3) is 0 Å². The second-order valence-electron chi connectivity index (χ2n) is 4.67. The molecule has 1 N–H and O–H groups in total. The summed E-state index contributed by atoms with van der Waals surface area (Å²) in [5.41, 5.74) is 1.39. The molecule has 1 fully saturated rings. The van der Waals surface area contributed by atoms with Crippen LogP contribution in [-0.4, -0.2) is 66.5 Å². The SMILES string of the molecule is CN1CCN(C=NN=C(C=NO)c2ccccc2)CC1. The highest BCUT2D eigenvalue weighted by Crippen LogP contribution is 2.01. The van der Waals surface area contributed by atoms with Crippen molar-refractivity contribution in [2.24, 2.45) is 15.4 Å². The van der Waals surface area contributed by atoms with E-state index in [9.17, 15) is 0 Å². The van der Waals surface area contributed by atoms with Crippen molar-refractivity contribution in [1.29, 1.82) is 0 Å². The highest BCUT2D eigenvalue weighted by atomic mass is 16.4. The number of piperazine rings is 1. The predicted octanol–water partition coefficient (Wildman–Crippen LogP) is 1.13. The van der Waals surface area contributed by atoms with Crippen molar-refractivity contribution in [2.75, 3.05) is 33.2 Å². The van der Waals surface area contributed by atoms with E-state index in [4.69, 9.17) is 5.21 Å². The molecule has 20 heavy (non-hydrogen) atoms. The zero-order chi connectivity index (χ0) is 14.2. The minimum absolute atomic E-state index is 0.526. The van der Waals surface area contributed by atoms with Crippen LogP contribution in [0.15, 0.2) is 45.7 Å². The van der Waals surface area contributed by atoms with Crippen LogP contribution in [0.25, 0.3) is 0 Å². The largest absolute Gasteiger partial charge is 0.411 e. The van der Waals surface area contributed by atoms with Crippen LogP contribution in [0.1, 0.15) is 5.56 Å². The molecule has 0 aliphatic carbocycles.